The number of carbonyl (C=O) groups is 3. The highest BCUT2D eigenvalue weighted by molar-refractivity contribution is 7.47. The predicted molar refractivity (Wildman–Crippen MR) is 398 cm³/mol. The molecule has 18 heteroatoms. The highest BCUT2D eigenvalue weighted by atomic mass is 31.2. The van der Waals surface area contributed by atoms with Gasteiger partial charge < -0.3 is 34.2 Å². The van der Waals surface area contributed by atoms with Crippen LogP contribution < -0.4 is 0 Å². The number of hydrogen-bond donors (Lipinski definition) is 4. The van der Waals surface area contributed by atoms with Crippen LogP contribution in [0.25, 0.3) is 0 Å². The molecule has 0 fully saturated rings. The summed E-state index contributed by atoms with van der Waals surface area (Å²) in [6, 6.07) is 0. The SMILES string of the molecule is CC/C=C\C/C=C\C/C=C\C/C=C\C/C=C\C/C=C\CCCCCCC(=O)OCC(O)COP(=O)(O)OCC(O)COP(=O)(O)OCC(COC(=O)CCCCC/C=C\C/C=C\C/C=C\C/C=C\C/C=C\CC)OC(=O)CCCCCCCC/C=C\C/C=C\C/C=C\C/C=C\CC. The van der Waals surface area contributed by atoms with Crippen LogP contribution in [-0.2, 0) is 55.8 Å². The molecule has 0 amide bonds. The van der Waals surface area contributed by atoms with Crippen molar-refractivity contribution < 1.29 is 75.8 Å². The standard InChI is InChI=1S/C79H126O16P2/c1-4-7-10-13-16-19-22-25-28-31-34-35-36-37-40-42-44-47-50-53-56-59-62-65-77(82)89-68-74(80)69-91-96(85,86)92-70-75(81)71-93-97(87,88)94-73-76(95-79(84)67-64-61-58-55-52-49-46-43-39-33-30-27-24-21-18-15-12-9-6-3)72-90-78(83)66-63-60-57-54-51-48-45-41-38-32-29-26-23-20-17-14-11-8-5-2/h7-12,16-21,25-30,34-35,37-41,43-44,47-48,51,74-76,80-81H,4-6,13-15,22-24,31-33,36,42,45-46,49-50,52-73H2,1-3H3,(H,85,86)(H,87,88)/b10-7-,11-8-,12-9-,19-16-,20-17-,21-18-,28-25-,29-26-,30-27-,35-34-,40-37-,41-38-,43-39-,47-44-,51-48-. The number of aliphatic hydroxyl groups is 2. The smallest absolute Gasteiger partial charge is 0.463 e. The molecular formula is C79H126O16P2. The summed E-state index contributed by atoms with van der Waals surface area (Å²) in [5.74, 6) is -1.67. The van der Waals surface area contributed by atoms with Gasteiger partial charge in [-0.1, -0.05) is 248 Å². The number of rotatable bonds is 66. The van der Waals surface area contributed by atoms with Crippen molar-refractivity contribution in [1.29, 1.82) is 0 Å². The number of aliphatic hydroxyl groups excluding tert-OH is 2. The second-order valence-corrected chi connectivity index (χ2v) is 26.1. The van der Waals surface area contributed by atoms with Gasteiger partial charge in [0, 0.05) is 19.3 Å². The fraction of sp³-hybridized carbons (Fsp3) is 0.582. The number of ether oxygens (including phenoxy) is 3. The lowest BCUT2D eigenvalue weighted by Crippen LogP contribution is -2.30. The Kier molecular flexibility index (Phi) is 66.6. The average molecular weight is 1390 g/mol. The maximum atomic E-state index is 13.0. The number of carbonyl (C=O) groups excluding carboxylic acids is 3. The van der Waals surface area contributed by atoms with Crippen LogP contribution in [0.5, 0.6) is 0 Å². The largest absolute Gasteiger partial charge is 0.472 e. The van der Waals surface area contributed by atoms with Gasteiger partial charge >= 0.3 is 33.6 Å². The molecule has 0 aliphatic carbocycles. The first-order valence-electron chi connectivity index (χ1n) is 36.1. The molecule has 5 unspecified atom stereocenters. The van der Waals surface area contributed by atoms with Gasteiger partial charge in [0.25, 0.3) is 0 Å². The zero-order chi connectivity index (χ0) is 70.9. The molecule has 0 aromatic heterocycles. The Morgan fingerprint density at radius 1 is 0.289 bits per heavy atom. The number of phosphoric acid groups is 2. The Balaban J connectivity index is 4.78. The van der Waals surface area contributed by atoms with E-state index in [1.807, 2.05) is 0 Å². The lowest BCUT2D eigenvalue weighted by Gasteiger charge is -2.21. The first-order chi connectivity index (χ1) is 47.2. The minimum absolute atomic E-state index is 0.0722. The van der Waals surface area contributed by atoms with Crippen molar-refractivity contribution in [2.45, 2.75) is 257 Å². The van der Waals surface area contributed by atoms with Crippen molar-refractivity contribution in [3.05, 3.63) is 182 Å². The number of phosphoric ester groups is 2. The molecule has 0 saturated carbocycles. The van der Waals surface area contributed by atoms with Gasteiger partial charge in [0.2, 0.25) is 0 Å². The maximum absolute atomic E-state index is 13.0. The molecule has 5 atom stereocenters. The van der Waals surface area contributed by atoms with E-state index < -0.39 is 91.5 Å². The minimum Gasteiger partial charge on any atom is -0.463 e. The molecule has 0 aromatic rings. The second kappa shape index (κ2) is 70.5. The van der Waals surface area contributed by atoms with Gasteiger partial charge in [0.05, 0.1) is 26.4 Å². The van der Waals surface area contributed by atoms with Gasteiger partial charge in [-0.05, 0) is 154 Å². The Morgan fingerprint density at radius 2 is 0.515 bits per heavy atom. The van der Waals surface area contributed by atoms with E-state index >= 15 is 0 Å². The van der Waals surface area contributed by atoms with Crippen molar-refractivity contribution in [3.63, 3.8) is 0 Å². The molecule has 0 aliphatic rings. The Labute approximate surface area is 585 Å². The highest BCUT2D eigenvalue weighted by Crippen LogP contribution is 2.45. The summed E-state index contributed by atoms with van der Waals surface area (Å²) in [4.78, 5) is 58.5. The summed E-state index contributed by atoms with van der Waals surface area (Å²) in [7, 11) is -9.82. The van der Waals surface area contributed by atoms with E-state index in [4.69, 9.17) is 32.3 Å². The summed E-state index contributed by atoms with van der Waals surface area (Å²) >= 11 is 0. The average Bonchev–Trinajstić information content (AvgIpc) is 1.81. The molecule has 0 saturated heterocycles. The van der Waals surface area contributed by atoms with E-state index in [1.54, 1.807) is 0 Å². The number of hydrogen-bond acceptors (Lipinski definition) is 14. The third-order valence-corrected chi connectivity index (χ3v) is 16.0. The Morgan fingerprint density at radius 3 is 0.825 bits per heavy atom. The van der Waals surface area contributed by atoms with Gasteiger partial charge in [0.1, 0.15) is 25.4 Å². The van der Waals surface area contributed by atoms with Crippen molar-refractivity contribution in [2.75, 3.05) is 39.6 Å². The van der Waals surface area contributed by atoms with Crippen LogP contribution in [0.15, 0.2) is 182 Å². The monoisotopic (exact) mass is 1390 g/mol. The number of esters is 3. The molecule has 0 radical (unpaired) electrons. The molecule has 97 heavy (non-hydrogen) atoms. The van der Waals surface area contributed by atoms with Crippen molar-refractivity contribution in [2.24, 2.45) is 0 Å². The van der Waals surface area contributed by atoms with Crippen molar-refractivity contribution >= 4 is 33.6 Å². The van der Waals surface area contributed by atoms with Crippen LogP contribution >= 0.6 is 15.6 Å². The van der Waals surface area contributed by atoms with Crippen LogP contribution in [0, 0.1) is 0 Å². The summed E-state index contributed by atoms with van der Waals surface area (Å²) in [5, 5.41) is 20.6. The van der Waals surface area contributed by atoms with E-state index in [9.17, 15) is 43.5 Å². The molecule has 0 aliphatic heterocycles. The molecule has 0 heterocycles. The maximum Gasteiger partial charge on any atom is 0.472 e. The molecule has 0 rings (SSSR count). The Hall–Kier alpha value is -5.35. The topological polar surface area (TPSA) is 231 Å². The molecule has 0 bridgehead atoms. The van der Waals surface area contributed by atoms with Crippen LogP contribution in [0.3, 0.4) is 0 Å². The summed E-state index contributed by atoms with van der Waals surface area (Å²) in [6.07, 6.45) is 89.3. The molecule has 0 spiro atoms. The molecule has 0 aromatic carbocycles. The van der Waals surface area contributed by atoms with Crippen LogP contribution in [0.4, 0.5) is 0 Å². The van der Waals surface area contributed by atoms with Crippen molar-refractivity contribution in [1.82, 2.24) is 0 Å². The van der Waals surface area contributed by atoms with Crippen molar-refractivity contribution in [3.8, 4) is 0 Å². The first-order valence-corrected chi connectivity index (χ1v) is 39.1. The third-order valence-electron chi connectivity index (χ3n) is 14.1. The van der Waals surface area contributed by atoms with Gasteiger partial charge in [-0.25, -0.2) is 9.13 Å². The van der Waals surface area contributed by atoms with Crippen LogP contribution in [0.1, 0.15) is 239 Å². The summed E-state index contributed by atoms with van der Waals surface area (Å²) in [5.41, 5.74) is 0. The zero-order valence-electron chi connectivity index (χ0n) is 59.4. The second-order valence-electron chi connectivity index (χ2n) is 23.2. The molecular weight excluding hydrogens is 1270 g/mol. The van der Waals surface area contributed by atoms with E-state index in [2.05, 4.69) is 203 Å². The van der Waals surface area contributed by atoms with Gasteiger partial charge in [-0.2, -0.15) is 0 Å². The van der Waals surface area contributed by atoms with E-state index in [1.165, 1.54) is 0 Å². The fourth-order valence-corrected chi connectivity index (χ4v) is 10.3. The lowest BCUT2D eigenvalue weighted by atomic mass is 10.1. The third kappa shape index (κ3) is 71.7. The van der Waals surface area contributed by atoms with Gasteiger partial charge in [-0.15, -0.1) is 0 Å². The van der Waals surface area contributed by atoms with Crippen LogP contribution in [0.2, 0.25) is 0 Å². The zero-order valence-corrected chi connectivity index (χ0v) is 61.2. The predicted octanol–water partition coefficient (Wildman–Crippen LogP) is 20.6. The molecule has 16 nitrogen and oxygen atoms in total. The highest BCUT2D eigenvalue weighted by Gasteiger charge is 2.29. The van der Waals surface area contributed by atoms with Gasteiger partial charge in [0.15, 0.2) is 6.10 Å². The molecule has 548 valence electrons. The normalized spacial score (nSPS) is 15.2. The lowest BCUT2D eigenvalue weighted by molar-refractivity contribution is -0.161. The Bertz CT molecular complexity index is 2490. The van der Waals surface area contributed by atoms with Gasteiger partial charge in [-0.3, -0.25) is 32.5 Å². The first kappa shape index (κ1) is 91.6. The van der Waals surface area contributed by atoms with Crippen LogP contribution in [-0.4, -0.2) is 95.9 Å². The van der Waals surface area contributed by atoms with E-state index in [-0.39, 0.29) is 19.3 Å². The van der Waals surface area contributed by atoms with E-state index in [0.717, 1.165) is 180 Å². The summed E-state index contributed by atoms with van der Waals surface area (Å²) in [6.45, 7) is 2.21. The molecule has 4 N–H and O–H groups in total. The minimum atomic E-state index is -4.95. The van der Waals surface area contributed by atoms with E-state index in [0.29, 0.717) is 19.3 Å². The summed E-state index contributed by atoms with van der Waals surface area (Å²) < 4.78 is 61.0. The number of allylic oxidation sites excluding steroid dienone is 30. The fourth-order valence-electron chi connectivity index (χ4n) is 8.71. The number of unbranched alkanes of at least 4 members (excludes halogenated alkanes) is 13. The quantitative estimate of drug-likeness (QED) is 0.0146.